The summed E-state index contributed by atoms with van der Waals surface area (Å²) in [4.78, 5) is 1.12. The van der Waals surface area contributed by atoms with Crippen molar-refractivity contribution >= 4 is 38.9 Å². The molecule has 0 saturated carbocycles. The van der Waals surface area contributed by atoms with Crippen molar-refractivity contribution in [2.24, 2.45) is 0 Å². The van der Waals surface area contributed by atoms with Crippen LogP contribution in [-0.4, -0.2) is 7.05 Å². The van der Waals surface area contributed by atoms with E-state index in [1.807, 2.05) is 25.2 Å². The summed E-state index contributed by atoms with van der Waals surface area (Å²) in [5.74, 6) is -0.188. The van der Waals surface area contributed by atoms with E-state index in [2.05, 4.69) is 21.2 Å². The highest BCUT2D eigenvalue weighted by atomic mass is 79.9. The number of halogens is 3. The Balaban J connectivity index is 2.20. The summed E-state index contributed by atoms with van der Waals surface area (Å²) in [6, 6.07) is 9.07. The molecule has 96 valence electrons. The molecule has 1 N–H and O–H groups in total. The van der Waals surface area contributed by atoms with E-state index in [-0.39, 0.29) is 11.9 Å². The van der Waals surface area contributed by atoms with Crippen LogP contribution in [0, 0.1) is 5.82 Å². The topological polar surface area (TPSA) is 12.0 Å². The van der Waals surface area contributed by atoms with Crippen molar-refractivity contribution in [3.8, 4) is 0 Å². The molecule has 0 aliphatic heterocycles. The van der Waals surface area contributed by atoms with Crippen LogP contribution in [0.4, 0.5) is 4.39 Å². The molecule has 1 atom stereocenters. The Bertz CT molecular complexity index is 544. The van der Waals surface area contributed by atoms with E-state index in [1.165, 1.54) is 17.4 Å². The first kappa shape index (κ1) is 14.0. The molecule has 1 nitrogen and oxygen atoms in total. The van der Waals surface area contributed by atoms with E-state index in [0.29, 0.717) is 12.0 Å². The second-order valence-electron chi connectivity index (χ2n) is 3.92. The van der Waals surface area contributed by atoms with Gasteiger partial charge in [0.1, 0.15) is 5.82 Å². The van der Waals surface area contributed by atoms with E-state index in [0.717, 1.165) is 13.7 Å². The van der Waals surface area contributed by atoms with Gasteiger partial charge < -0.3 is 5.32 Å². The van der Waals surface area contributed by atoms with Crippen molar-refractivity contribution in [2.75, 3.05) is 7.05 Å². The van der Waals surface area contributed by atoms with Gasteiger partial charge in [0.15, 0.2) is 0 Å². The molecule has 1 heterocycles. The molecule has 1 unspecified atom stereocenters. The summed E-state index contributed by atoms with van der Waals surface area (Å²) in [5.41, 5.74) is 0.696. The minimum atomic E-state index is -0.188. The largest absolute Gasteiger partial charge is 0.312 e. The van der Waals surface area contributed by atoms with Crippen molar-refractivity contribution in [1.82, 2.24) is 5.32 Å². The van der Waals surface area contributed by atoms with Gasteiger partial charge in [-0.2, -0.15) is 0 Å². The lowest BCUT2D eigenvalue weighted by molar-refractivity contribution is 0.559. The maximum absolute atomic E-state index is 13.8. The maximum Gasteiger partial charge on any atom is 0.127 e. The summed E-state index contributed by atoms with van der Waals surface area (Å²) >= 11 is 10.7. The quantitative estimate of drug-likeness (QED) is 0.836. The smallest absolute Gasteiger partial charge is 0.127 e. The van der Waals surface area contributed by atoms with Crippen molar-refractivity contribution in [2.45, 2.75) is 12.5 Å². The first-order valence-corrected chi connectivity index (χ1v) is 7.45. The second-order valence-corrected chi connectivity index (χ2v) is 6.59. The lowest BCUT2D eigenvalue weighted by atomic mass is 10.0. The first-order valence-electron chi connectivity index (χ1n) is 5.46. The van der Waals surface area contributed by atoms with Gasteiger partial charge in [0.25, 0.3) is 0 Å². The summed E-state index contributed by atoms with van der Waals surface area (Å²) in [6.07, 6.45) is 0.604. The highest BCUT2D eigenvalue weighted by molar-refractivity contribution is 9.10. The number of nitrogens with one attached hydrogen (secondary N) is 1. The van der Waals surface area contributed by atoms with Gasteiger partial charge in [-0.25, -0.2) is 4.39 Å². The van der Waals surface area contributed by atoms with Crippen LogP contribution in [-0.2, 0) is 6.42 Å². The fourth-order valence-electron chi connectivity index (χ4n) is 1.77. The SMILES string of the molecule is CNC(Cc1ccc(Br)cc1F)c1ccc(Cl)s1. The van der Waals surface area contributed by atoms with E-state index < -0.39 is 0 Å². The minimum Gasteiger partial charge on any atom is -0.312 e. The third-order valence-electron chi connectivity index (χ3n) is 2.73. The molecule has 0 amide bonds. The van der Waals surface area contributed by atoms with Gasteiger partial charge in [-0.1, -0.05) is 33.6 Å². The van der Waals surface area contributed by atoms with Crippen molar-refractivity contribution in [3.63, 3.8) is 0 Å². The minimum absolute atomic E-state index is 0.0816. The van der Waals surface area contributed by atoms with E-state index in [4.69, 9.17) is 11.6 Å². The number of hydrogen-bond acceptors (Lipinski definition) is 2. The molecule has 2 rings (SSSR count). The molecular formula is C13H12BrClFNS. The van der Waals surface area contributed by atoms with Crippen molar-refractivity contribution in [1.29, 1.82) is 0 Å². The number of rotatable bonds is 4. The van der Waals surface area contributed by atoms with Crippen LogP contribution in [0.3, 0.4) is 0 Å². The molecule has 0 aliphatic rings. The Labute approximate surface area is 123 Å². The van der Waals surface area contributed by atoms with Crippen molar-refractivity contribution < 1.29 is 4.39 Å². The predicted molar refractivity (Wildman–Crippen MR) is 78.9 cm³/mol. The molecule has 0 spiro atoms. The maximum atomic E-state index is 13.8. The molecule has 18 heavy (non-hydrogen) atoms. The zero-order chi connectivity index (χ0) is 13.1. The first-order chi connectivity index (χ1) is 8.60. The van der Waals surface area contributed by atoms with Gasteiger partial charge in [-0.3, -0.25) is 0 Å². The van der Waals surface area contributed by atoms with Crippen LogP contribution >= 0.6 is 38.9 Å². The van der Waals surface area contributed by atoms with E-state index in [1.54, 1.807) is 6.07 Å². The number of benzene rings is 1. The molecule has 1 aromatic heterocycles. The fraction of sp³-hybridized carbons (Fsp3) is 0.231. The Morgan fingerprint density at radius 1 is 1.39 bits per heavy atom. The van der Waals surface area contributed by atoms with Crippen LogP contribution in [0.2, 0.25) is 4.34 Å². The van der Waals surface area contributed by atoms with Crippen LogP contribution < -0.4 is 5.32 Å². The van der Waals surface area contributed by atoms with Gasteiger partial charge in [-0.05, 0) is 43.3 Å². The lowest BCUT2D eigenvalue weighted by Gasteiger charge is -2.15. The Morgan fingerprint density at radius 2 is 2.17 bits per heavy atom. The van der Waals surface area contributed by atoms with Crippen LogP contribution in [0.5, 0.6) is 0 Å². The zero-order valence-corrected chi connectivity index (χ0v) is 12.9. The second kappa shape index (κ2) is 6.15. The molecule has 1 aromatic carbocycles. The highest BCUT2D eigenvalue weighted by Gasteiger charge is 2.14. The monoisotopic (exact) mass is 347 g/mol. The van der Waals surface area contributed by atoms with Gasteiger partial charge in [0.05, 0.1) is 4.34 Å². The summed E-state index contributed by atoms with van der Waals surface area (Å²) in [7, 11) is 1.87. The predicted octanol–water partition coefficient (Wildman–Crippen LogP) is 4.81. The molecule has 0 bridgehead atoms. The Kier molecular flexibility index (Phi) is 4.78. The third kappa shape index (κ3) is 3.32. The van der Waals surface area contributed by atoms with E-state index in [9.17, 15) is 4.39 Å². The normalized spacial score (nSPS) is 12.7. The number of likely N-dealkylation sites (N-methyl/N-ethyl adjacent to an activating group) is 1. The standard InChI is InChI=1S/C13H12BrClFNS/c1-17-11(12-4-5-13(15)18-12)6-8-2-3-9(14)7-10(8)16/h2-5,7,11,17H,6H2,1H3. The van der Waals surface area contributed by atoms with Crippen LogP contribution in [0.25, 0.3) is 0 Å². The van der Waals surface area contributed by atoms with Gasteiger partial charge in [0.2, 0.25) is 0 Å². The molecule has 0 saturated heterocycles. The third-order valence-corrected chi connectivity index (χ3v) is 4.56. The molecule has 2 aromatic rings. The summed E-state index contributed by atoms with van der Waals surface area (Å²) < 4.78 is 15.3. The van der Waals surface area contributed by atoms with E-state index >= 15 is 0 Å². The summed E-state index contributed by atoms with van der Waals surface area (Å²) in [6.45, 7) is 0. The molecule has 0 radical (unpaired) electrons. The fourth-order valence-corrected chi connectivity index (χ4v) is 3.27. The molecular weight excluding hydrogens is 337 g/mol. The number of hydrogen-bond donors (Lipinski definition) is 1. The van der Waals surface area contributed by atoms with Gasteiger partial charge in [-0.15, -0.1) is 11.3 Å². The summed E-state index contributed by atoms with van der Waals surface area (Å²) in [5, 5.41) is 3.20. The van der Waals surface area contributed by atoms with Gasteiger partial charge >= 0.3 is 0 Å². The zero-order valence-electron chi connectivity index (χ0n) is 9.71. The highest BCUT2D eigenvalue weighted by Crippen LogP contribution is 2.29. The average Bonchev–Trinajstić information content (AvgIpc) is 2.75. The Hall–Kier alpha value is -0.420. The molecule has 5 heteroatoms. The number of thiophene rings is 1. The molecule has 0 aliphatic carbocycles. The lowest BCUT2D eigenvalue weighted by Crippen LogP contribution is -2.18. The van der Waals surface area contributed by atoms with Gasteiger partial charge in [0, 0.05) is 15.4 Å². The van der Waals surface area contributed by atoms with Crippen LogP contribution in [0.15, 0.2) is 34.8 Å². The van der Waals surface area contributed by atoms with Crippen molar-refractivity contribution in [3.05, 3.63) is 55.4 Å². The average molecular weight is 349 g/mol. The Morgan fingerprint density at radius 3 is 2.72 bits per heavy atom. The van der Waals surface area contributed by atoms with Crippen LogP contribution in [0.1, 0.15) is 16.5 Å². The molecule has 0 fully saturated rings.